The molecule has 2 aliphatic heterocycles. The number of ether oxygens (including phenoxy) is 2. The lowest BCUT2D eigenvalue weighted by Crippen LogP contribution is -2.49. The molecule has 0 radical (unpaired) electrons. The van der Waals surface area contributed by atoms with Crippen molar-refractivity contribution in [3.05, 3.63) is 88.5 Å². The highest BCUT2D eigenvalue weighted by Crippen LogP contribution is 2.48. The van der Waals surface area contributed by atoms with Crippen molar-refractivity contribution in [2.24, 2.45) is 0 Å². The third kappa shape index (κ3) is 3.59. The van der Waals surface area contributed by atoms with E-state index in [0.29, 0.717) is 30.0 Å². The Morgan fingerprint density at radius 1 is 1.00 bits per heavy atom. The van der Waals surface area contributed by atoms with E-state index in [2.05, 4.69) is 12.2 Å². The summed E-state index contributed by atoms with van der Waals surface area (Å²) in [6, 6.07) is 18.8. The number of aryl methyl sites for hydroxylation is 1. The van der Waals surface area contributed by atoms with Crippen LogP contribution in [0.3, 0.4) is 0 Å². The van der Waals surface area contributed by atoms with Crippen molar-refractivity contribution in [2.45, 2.75) is 31.7 Å². The Kier molecular flexibility index (Phi) is 5.74. The number of anilines is 1. The number of amides is 2. The molecule has 6 heteroatoms. The molecule has 2 atom stereocenters. The van der Waals surface area contributed by atoms with Gasteiger partial charge in [0.15, 0.2) is 11.5 Å². The van der Waals surface area contributed by atoms with Crippen LogP contribution in [0.2, 0.25) is 0 Å². The van der Waals surface area contributed by atoms with Crippen LogP contribution in [0.15, 0.2) is 60.7 Å². The van der Waals surface area contributed by atoms with Crippen molar-refractivity contribution in [2.75, 3.05) is 26.1 Å². The highest BCUT2D eigenvalue weighted by molar-refractivity contribution is 6.04. The van der Waals surface area contributed by atoms with Gasteiger partial charge in [-0.15, -0.1) is 0 Å². The number of methoxy groups -OCH3 is 2. The molecule has 0 unspecified atom stereocenters. The van der Waals surface area contributed by atoms with Crippen molar-refractivity contribution in [3.8, 4) is 11.5 Å². The van der Waals surface area contributed by atoms with Gasteiger partial charge in [-0.05, 0) is 65.4 Å². The Morgan fingerprint density at radius 2 is 1.76 bits per heavy atom. The standard InChI is InChI=1S/C28H28N2O4/c1-4-17-8-7-9-19(14-17)29-27(31)25-20-10-5-6-11-21(20)28(32)30-13-12-18-15-23(33-2)24(34-3)16-22(18)26(25)30/h5-11,14-16,25-26H,4,12-13H2,1-3H3,(H,29,31)/t25-,26-/m0/s1. The fourth-order valence-corrected chi connectivity index (χ4v) is 5.23. The number of rotatable bonds is 5. The Morgan fingerprint density at radius 3 is 2.53 bits per heavy atom. The average Bonchev–Trinajstić information content (AvgIpc) is 2.88. The van der Waals surface area contributed by atoms with Crippen LogP contribution in [-0.2, 0) is 17.6 Å². The largest absolute Gasteiger partial charge is 0.493 e. The van der Waals surface area contributed by atoms with Gasteiger partial charge in [0, 0.05) is 17.8 Å². The summed E-state index contributed by atoms with van der Waals surface area (Å²) < 4.78 is 11.1. The molecule has 174 valence electrons. The second-order valence-corrected chi connectivity index (χ2v) is 8.71. The van der Waals surface area contributed by atoms with Crippen LogP contribution >= 0.6 is 0 Å². The fraction of sp³-hybridized carbons (Fsp3) is 0.286. The molecule has 3 aromatic carbocycles. The maximum Gasteiger partial charge on any atom is 0.254 e. The molecule has 0 fully saturated rings. The van der Waals surface area contributed by atoms with E-state index in [0.717, 1.165) is 34.4 Å². The molecule has 3 aromatic rings. The number of hydrogen-bond donors (Lipinski definition) is 1. The summed E-state index contributed by atoms with van der Waals surface area (Å²) in [6.45, 7) is 2.62. The number of carbonyl (C=O) groups is 2. The lowest BCUT2D eigenvalue weighted by molar-refractivity contribution is -0.119. The Balaban J connectivity index is 1.64. The molecule has 0 aliphatic carbocycles. The van der Waals surface area contributed by atoms with Gasteiger partial charge in [-0.25, -0.2) is 0 Å². The lowest BCUT2D eigenvalue weighted by Gasteiger charge is -2.45. The summed E-state index contributed by atoms with van der Waals surface area (Å²) in [4.78, 5) is 29.2. The van der Waals surface area contributed by atoms with Crippen LogP contribution in [0.25, 0.3) is 0 Å². The third-order valence-electron chi connectivity index (χ3n) is 6.91. The van der Waals surface area contributed by atoms with Crippen molar-refractivity contribution in [1.29, 1.82) is 0 Å². The summed E-state index contributed by atoms with van der Waals surface area (Å²) in [5, 5.41) is 3.12. The van der Waals surface area contributed by atoms with Crippen molar-refractivity contribution in [3.63, 3.8) is 0 Å². The van der Waals surface area contributed by atoms with Crippen LogP contribution in [0.4, 0.5) is 5.69 Å². The van der Waals surface area contributed by atoms with Gasteiger partial charge in [-0.1, -0.05) is 37.3 Å². The van der Waals surface area contributed by atoms with Gasteiger partial charge in [0.25, 0.3) is 5.91 Å². The summed E-state index contributed by atoms with van der Waals surface area (Å²) in [5.41, 5.74) is 5.24. The molecule has 2 heterocycles. The van der Waals surface area contributed by atoms with E-state index in [-0.39, 0.29) is 11.8 Å². The van der Waals surface area contributed by atoms with Crippen LogP contribution < -0.4 is 14.8 Å². The minimum Gasteiger partial charge on any atom is -0.493 e. The number of carbonyl (C=O) groups excluding carboxylic acids is 2. The minimum absolute atomic E-state index is 0.0435. The number of nitrogens with zero attached hydrogens (tertiary/aromatic N) is 1. The van der Waals surface area contributed by atoms with Gasteiger partial charge < -0.3 is 19.7 Å². The lowest BCUT2D eigenvalue weighted by atomic mass is 9.75. The van der Waals surface area contributed by atoms with Crippen LogP contribution in [-0.4, -0.2) is 37.5 Å². The quantitative estimate of drug-likeness (QED) is 0.602. The van der Waals surface area contributed by atoms with E-state index in [9.17, 15) is 9.59 Å². The van der Waals surface area contributed by atoms with E-state index in [4.69, 9.17) is 9.47 Å². The van der Waals surface area contributed by atoms with Gasteiger partial charge in [-0.2, -0.15) is 0 Å². The summed E-state index contributed by atoms with van der Waals surface area (Å²) in [7, 11) is 3.21. The third-order valence-corrected chi connectivity index (χ3v) is 6.91. The van der Waals surface area contributed by atoms with Gasteiger partial charge in [-0.3, -0.25) is 9.59 Å². The maximum atomic E-state index is 13.9. The van der Waals surface area contributed by atoms with Crippen molar-refractivity contribution >= 4 is 17.5 Å². The molecule has 0 spiro atoms. The molecular formula is C28H28N2O4. The molecule has 34 heavy (non-hydrogen) atoms. The smallest absolute Gasteiger partial charge is 0.254 e. The molecule has 2 amide bonds. The van der Waals surface area contributed by atoms with E-state index < -0.39 is 12.0 Å². The zero-order chi connectivity index (χ0) is 23.8. The summed E-state index contributed by atoms with van der Waals surface area (Å²) in [6.07, 6.45) is 1.57. The number of hydrogen-bond acceptors (Lipinski definition) is 4. The Bertz CT molecular complexity index is 1270. The predicted molar refractivity (Wildman–Crippen MR) is 131 cm³/mol. The molecule has 0 saturated heterocycles. The van der Waals surface area contributed by atoms with Crippen LogP contribution in [0.5, 0.6) is 11.5 Å². The first-order valence-electron chi connectivity index (χ1n) is 11.6. The van der Waals surface area contributed by atoms with Gasteiger partial charge in [0.1, 0.15) is 0 Å². The molecule has 5 rings (SSSR count). The number of nitrogens with one attached hydrogen (secondary N) is 1. The molecule has 2 aliphatic rings. The molecule has 6 nitrogen and oxygen atoms in total. The zero-order valence-corrected chi connectivity index (χ0v) is 19.6. The average molecular weight is 457 g/mol. The highest BCUT2D eigenvalue weighted by atomic mass is 16.5. The number of benzene rings is 3. The molecule has 0 aromatic heterocycles. The monoisotopic (exact) mass is 456 g/mol. The van der Waals surface area contributed by atoms with Gasteiger partial charge in [0.05, 0.1) is 26.2 Å². The van der Waals surface area contributed by atoms with Crippen LogP contribution in [0.1, 0.15) is 51.5 Å². The zero-order valence-electron chi connectivity index (χ0n) is 19.6. The Hall–Kier alpha value is -3.80. The number of fused-ring (bicyclic) bond motifs is 4. The minimum atomic E-state index is -0.559. The summed E-state index contributed by atoms with van der Waals surface area (Å²) >= 11 is 0. The van der Waals surface area contributed by atoms with Crippen molar-refractivity contribution < 1.29 is 19.1 Å². The predicted octanol–water partition coefficient (Wildman–Crippen LogP) is 4.74. The molecule has 0 saturated carbocycles. The fourth-order valence-electron chi connectivity index (χ4n) is 5.23. The second kappa shape index (κ2) is 8.86. The first-order valence-corrected chi connectivity index (χ1v) is 11.6. The highest BCUT2D eigenvalue weighted by Gasteiger charge is 2.46. The molecular weight excluding hydrogens is 428 g/mol. The first-order chi connectivity index (χ1) is 16.5. The summed E-state index contributed by atoms with van der Waals surface area (Å²) in [5.74, 6) is 0.499. The van der Waals surface area contributed by atoms with E-state index in [1.807, 2.05) is 65.6 Å². The SMILES string of the molecule is CCc1cccc(NC(=O)[C@H]2c3ccccc3C(=O)N3CCc4cc(OC)c(OC)cc4[C@@H]23)c1. The second-order valence-electron chi connectivity index (χ2n) is 8.71. The van der Waals surface area contributed by atoms with Gasteiger partial charge in [0.2, 0.25) is 5.91 Å². The van der Waals surface area contributed by atoms with Crippen molar-refractivity contribution in [1.82, 2.24) is 4.90 Å². The first kappa shape index (κ1) is 22.0. The normalized spacial score (nSPS) is 18.4. The molecule has 0 bridgehead atoms. The van der Waals surface area contributed by atoms with Crippen LogP contribution in [0, 0.1) is 0 Å². The Labute approximate surface area is 199 Å². The van der Waals surface area contributed by atoms with E-state index in [1.165, 1.54) is 0 Å². The van der Waals surface area contributed by atoms with E-state index in [1.54, 1.807) is 14.2 Å². The molecule has 1 N–H and O–H groups in total. The van der Waals surface area contributed by atoms with E-state index >= 15 is 0 Å². The topological polar surface area (TPSA) is 67.9 Å². The van der Waals surface area contributed by atoms with Gasteiger partial charge >= 0.3 is 0 Å². The maximum absolute atomic E-state index is 13.9.